The molecule has 1 aliphatic rings. The minimum atomic E-state index is -2.50. The molecule has 1 heterocycles. The third kappa shape index (κ3) is 2.66. The summed E-state index contributed by atoms with van der Waals surface area (Å²) < 4.78 is 36.3. The topological polar surface area (TPSA) is 44.5 Å². The van der Waals surface area contributed by atoms with Crippen molar-refractivity contribution in [3.05, 3.63) is 23.3 Å². The maximum absolute atomic E-state index is 12.7. The predicted octanol–water partition coefficient (Wildman–Crippen LogP) is 2.29. The Morgan fingerprint density at radius 1 is 1.24 bits per heavy atom. The Hall–Kier alpha value is -1.36. The van der Waals surface area contributed by atoms with Gasteiger partial charge in [-0.15, -0.1) is 0 Å². The van der Waals surface area contributed by atoms with Crippen LogP contribution in [0.4, 0.5) is 8.78 Å². The zero-order chi connectivity index (χ0) is 12.3. The van der Waals surface area contributed by atoms with Crippen LogP contribution in [0, 0.1) is 0 Å². The molecule has 17 heavy (non-hydrogen) atoms. The van der Waals surface area contributed by atoms with Gasteiger partial charge in [0.2, 0.25) is 0 Å². The van der Waals surface area contributed by atoms with Crippen molar-refractivity contribution in [2.45, 2.75) is 19.3 Å². The van der Waals surface area contributed by atoms with E-state index >= 15 is 0 Å². The molecule has 0 radical (unpaired) electrons. The lowest BCUT2D eigenvalue weighted by Crippen LogP contribution is -2.17. The number of benzene rings is 1. The summed E-state index contributed by atoms with van der Waals surface area (Å²) in [5.74, 6) is 1.01. The maximum Gasteiger partial charge on any atom is 0.263 e. The number of hydrogen-bond acceptors (Lipinski definition) is 3. The van der Waals surface area contributed by atoms with Gasteiger partial charge in [-0.1, -0.05) is 0 Å². The highest BCUT2D eigenvalue weighted by Gasteiger charge is 2.20. The molecule has 0 amide bonds. The van der Waals surface area contributed by atoms with Crippen molar-refractivity contribution in [3.8, 4) is 11.5 Å². The zero-order valence-corrected chi connectivity index (χ0v) is 9.42. The fourth-order valence-corrected chi connectivity index (χ4v) is 1.85. The molecule has 94 valence electrons. The fraction of sp³-hybridized carbons (Fsp3) is 0.500. The smallest absolute Gasteiger partial charge is 0.263 e. The summed E-state index contributed by atoms with van der Waals surface area (Å²) in [5, 5.41) is 0. The van der Waals surface area contributed by atoms with Crippen LogP contribution in [0.2, 0.25) is 0 Å². The molecular formula is C12H15F2NO2. The van der Waals surface area contributed by atoms with Crippen molar-refractivity contribution in [1.29, 1.82) is 0 Å². The summed E-state index contributed by atoms with van der Waals surface area (Å²) in [5.41, 5.74) is 6.16. The molecule has 0 bridgehead atoms. The quantitative estimate of drug-likeness (QED) is 0.882. The van der Waals surface area contributed by atoms with Gasteiger partial charge in [-0.25, -0.2) is 8.78 Å². The average Bonchev–Trinajstić information content (AvgIpc) is 2.35. The highest BCUT2D eigenvalue weighted by molar-refractivity contribution is 5.50. The Labute approximate surface area is 98.5 Å². The van der Waals surface area contributed by atoms with E-state index in [4.69, 9.17) is 15.2 Å². The molecule has 1 aliphatic heterocycles. The van der Waals surface area contributed by atoms with E-state index in [0.717, 1.165) is 12.0 Å². The van der Waals surface area contributed by atoms with Gasteiger partial charge in [0.1, 0.15) is 13.2 Å². The van der Waals surface area contributed by atoms with E-state index < -0.39 is 6.43 Å². The van der Waals surface area contributed by atoms with Crippen molar-refractivity contribution in [3.63, 3.8) is 0 Å². The summed E-state index contributed by atoms with van der Waals surface area (Å²) in [4.78, 5) is 0. The first-order valence-electron chi connectivity index (χ1n) is 5.63. The molecule has 3 nitrogen and oxygen atoms in total. The minimum Gasteiger partial charge on any atom is -0.486 e. The number of rotatable bonds is 4. The van der Waals surface area contributed by atoms with Crippen LogP contribution < -0.4 is 15.2 Å². The van der Waals surface area contributed by atoms with Crippen molar-refractivity contribution in [2.24, 2.45) is 5.73 Å². The fourth-order valence-electron chi connectivity index (χ4n) is 1.85. The average molecular weight is 243 g/mol. The number of fused-ring (bicyclic) bond motifs is 1. The van der Waals surface area contributed by atoms with Crippen LogP contribution in [-0.2, 0) is 6.42 Å². The predicted molar refractivity (Wildman–Crippen MR) is 59.8 cm³/mol. The van der Waals surface area contributed by atoms with E-state index in [1.807, 2.05) is 0 Å². The molecule has 1 aromatic rings. The summed E-state index contributed by atoms with van der Waals surface area (Å²) in [7, 11) is 0. The second kappa shape index (κ2) is 5.31. The van der Waals surface area contributed by atoms with E-state index in [9.17, 15) is 8.78 Å². The van der Waals surface area contributed by atoms with E-state index in [0.29, 0.717) is 37.7 Å². The third-order valence-electron chi connectivity index (χ3n) is 2.64. The molecule has 0 unspecified atom stereocenters. The molecule has 0 aliphatic carbocycles. The van der Waals surface area contributed by atoms with E-state index in [1.54, 1.807) is 0 Å². The molecule has 0 spiro atoms. The minimum absolute atomic E-state index is 0.0266. The monoisotopic (exact) mass is 243 g/mol. The lowest BCUT2D eigenvalue weighted by molar-refractivity contribution is 0.146. The second-order valence-electron chi connectivity index (χ2n) is 3.90. The second-order valence-corrected chi connectivity index (χ2v) is 3.90. The Bertz CT molecular complexity index is 396. The maximum atomic E-state index is 12.7. The molecular weight excluding hydrogens is 228 g/mol. The molecule has 0 aromatic heterocycles. The van der Waals surface area contributed by atoms with Gasteiger partial charge >= 0.3 is 0 Å². The number of nitrogens with two attached hydrogens (primary N) is 1. The molecule has 5 heteroatoms. The SMILES string of the molecule is NCCCc1cc(C(F)F)cc2c1OCCO2. The van der Waals surface area contributed by atoms with Crippen molar-refractivity contribution >= 4 is 0 Å². The molecule has 0 saturated carbocycles. The Kier molecular flexibility index (Phi) is 3.78. The Balaban J connectivity index is 2.35. The van der Waals surface area contributed by atoms with E-state index in [2.05, 4.69) is 0 Å². The van der Waals surface area contributed by atoms with Crippen LogP contribution in [0.15, 0.2) is 12.1 Å². The molecule has 2 rings (SSSR count). The number of alkyl halides is 2. The lowest BCUT2D eigenvalue weighted by Gasteiger charge is -2.22. The number of aryl methyl sites for hydroxylation is 1. The van der Waals surface area contributed by atoms with Crippen molar-refractivity contribution < 1.29 is 18.3 Å². The van der Waals surface area contributed by atoms with Gasteiger partial charge in [0.25, 0.3) is 6.43 Å². The first-order chi connectivity index (χ1) is 8.22. The summed E-state index contributed by atoms with van der Waals surface area (Å²) in [6.45, 7) is 1.38. The van der Waals surface area contributed by atoms with Crippen LogP contribution in [0.5, 0.6) is 11.5 Å². The summed E-state index contributed by atoms with van der Waals surface area (Å²) in [6, 6.07) is 2.83. The molecule has 0 fully saturated rings. The number of hydrogen-bond donors (Lipinski definition) is 1. The standard InChI is InChI=1S/C12H15F2NO2/c13-12(14)9-6-8(2-1-3-15)11-10(7-9)16-4-5-17-11/h6-7,12H,1-5,15H2. The molecule has 0 saturated heterocycles. The van der Waals surface area contributed by atoms with Crippen LogP contribution in [0.3, 0.4) is 0 Å². The summed E-state index contributed by atoms with van der Waals surface area (Å²) >= 11 is 0. The first kappa shape index (κ1) is 12.1. The van der Waals surface area contributed by atoms with Crippen LogP contribution in [0.1, 0.15) is 24.0 Å². The molecule has 2 N–H and O–H groups in total. The lowest BCUT2D eigenvalue weighted by atomic mass is 10.0. The van der Waals surface area contributed by atoms with Crippen LogP contribution in [0.25, 0.3) is 0 Å². The van der Waals surface area contributed by atoms with Crippen molar-refractivity contribution in [1.82, 2.24) is 0 Å². The highest BCUT2D eigenvalue weighted by Crippen LogP contribution is 2.38. The van der Waals surface area contributed by atoms with Gasteiger partial charge in [-0.05, 0) is 37.1 Å². The van der Waals surface area contributed by atoms with Gasteiger partial charge in [-0.3, -0.25) is 0 Å². The number of halogens is 2. The Morgan fingerprint density at radius 3 is 2.71 bits per heavy atom. The van der Waals surface area contributed by atoms with E-state index in [-0.39, 0.29) is 5.56 Å². The molecule has 1 aromatic carbocycles. The first-order valence-corrected chi connectivity index (χ1v) is 5.63. The van der Waals surface area contributed by atoms with Crippen molar-refractivity contribution in [2.75, 3.05) is 19.8 Å². The van der Waals surface area contributed by atoms with E-state index in [1.165, 1.54) is 12.1 Å². The number of ether oxygens (including phenoxy) is 2. The van der Waals surface area contributed by atoms with Gasteiger partial charge in [0, 0.05) is 5.56 Å². The Morgan fingerprint density at radius 2 is 2.00 bits per heavy atom. The van der Waals surface area contributed by atoms with Gasteiger partial charge < -0.3 is 15.2 Å². The third-order valence-corrected chi connectivity index (χ3v) is 2.64. The van der Waals surface area contributed by atoms with Gasteiger partial charge in [0.15, 0.2) is 11.5 Å². The zero-order valence-electron chi connectivity index (χ0n) is 9.42. The van der Waals surface area contributed by atoms with Gasteiger partial charge in [0.05, 0.1) is 0 Å². The largest absolute Gasteiger partial charge is 0.486 e. The highest BCUT2D eigenvalue weighted by atomic mass is 19.3. The van der Waals surface area contributed by atoms with Crippen LogP contribution >= 0.6 is 0 Å². The molecule has 0 atom stereocenters. The van der Waals surface area contributed by atoms with Crippen LogP contribution in [-0.4, -0.2) is 19.8 Å². The van der Waals surface area contributed by atoms with Gasteiger partial charge in [-0.2, -0.15) is 0 Å². The normalized spacial score (nSPS) is 14.1. The summed E-state index contributed by atoms with van der Waals surface area (Å²) in [6.07, 6.45) is -1.13.